The summed E-state index contributed by atoms with van der Waals surface area (Å²) in [6.07, 6.45) is 1.31. The second-order valence-corrected chi connectivity index (χ2v) is 7.09. The Labute approximate surface area is 164 Å². The summed E-state index contributed by atoms with van der Waals surface area (Å²) >= 11 is 0.738. The van der Waals surface area contributed by atoms with Crippen LogP contribution in [0.15, 0.2) is 45.7 Å². The number of rotatable bonds is 7. The van der Waals surface area contributed by atoms with Gasteiger partial charge >= 0.3 is 5.88 Å². The molecule has 28 heavy (non-hydrogen) atoms. The molecule has 1 aromatic carbocycles. The monoisotopic (exact) mass is 403 g/mol. The van der Waals surface area contributed by atoms with Crippen molar-refractivity contribution >= 4 is 40.6 Å². The molecule has 9 nitrogen and oxygen atoms in total. The highest BCUT2D eigenvalue weighted by Gasteiger charge is 2.36. The molecule has 1 aliphatic rings. The van der Waals surface area contributed by atoms with Gasteiger partial charge in [0.25, 0.3) is 11.1 Å². The van der Waals surface area contributed by atoms with Crippen LogP contribution in [0.1, 0.15) is 5.76 Å². The second-order valence-electron chi connectivity index (χ2n) is 6.10. The van der Waals surface area contributed by atoms with Gasteiger partial charge < -0.3 is 14.1 Å². The van der Waals surface area contributed by atoms with Crippen LogP contribution in [0.3, 0.4) is 0 Å². The van der Waals surface area contributed by atoms with Crippen molar-refractivity contribution < 1.29 is 23.7 Å². The Morgan fingerprint density at radius 1 is 1.29 bits per heavy atom. The number of hydrogen-bond donors (Lipinski definition) is 0. The van der Waals surface area contributed by atoms with Crippen LogP contribution in [-0.4, -0.2) is 48.2 Å². The highest BCUT2D eigenvalue weighted by Crippen LogP contribution is 2.37. The van der Waals surface area contributed by atoms with Crippen LogP contribution in [-0.2, 0) is 4.79 Å². The van der Waals surface area contributed by atoms with Gasteiger partial charge in [-0.05, 0) is 44.1 Å². The summed E-state index contributed by atoms with van der Waals surface area (Å²) in [5.41, 5.74) is 0.388. The predicted molar refractivity (Wildman–Crippen MR) is 104 cm³/mol. The van der Waals surface area contributed by atoms with E-state index in [1.165, 1.54) is 18.2 Å². The lowest BCUT2D eigenvalue weighted by molar-refractivity contribution is -0.402. The molecule has 0 N–H and O–H groups in total. The van der Waals surface area contributed by atoms with Gasteiger partial charge in [0.15, 0.2) is 0 Å². The van der Waals surface area contributed by atoms with E-state index in [2.05, 4.69) is 0 Å². The fourth-order valence-corrected chi connectivity index (χ4v) is 3.22. The van der Waals surface area contributed by atoms with Crippen LogP contribution >= 0.6 is 11.8 Å². The molecule has 1 fully saturated rings. The van der Waals surface area contributed by atoms with E-state index in [9.17, 15) is 19.7 Å². The van der Waals surface area contributed by atoms with Gasteiger partial charge in [-0.2, -0.15) is 0 Å². The summed E-state index contributed by atoms with van der Waals surface area (Å²) in [7, 11) is 3.86. The van der Waals surface area contributed by atoms with Crippen molar-refractivity contribution in [2.24, 2.45) is 0 Å². The number of benzene rings is 1. The minimum atomic E-state index is -0.676. The Kier molecular flexibility index (Phi) is 5.81. The van der Waals surface area contributed by atoms with Gasteiger partial charge in [-0.3, -0.25) is 19.7 Å². The number of carbonyl (C=O) groups is 2. The minimum absolute atomic E-state index is 0.119. The number of furan rings is 1. The molecule has 1 aromatic heterocycles. The first-order chi connectivity index (χ1) is 13.3. The van der Waals surface area contributed by atoms with Crippen molar-refractivity contribution in [1.82, 2.24) is 4.90 Å². The molecule has 0 spiro atoms. The number of nitrogens with zero attached hydrogens (tertiary/aromatic N) is 3. The molecule has 0 atom stereocenters. The standard InChI is InChI=1S/C18H17N3O6S/c1-19(2)8-9-26-13-5-3-4-12(10-13)20-17(22)15(28-18(20)23)11-14-6-7-16(27-14)21(24)25/h3-7,10-11H,8-9H2,1-2H3/b15-11-. The average Bonchev–Trinajstić information content (AvgIpc) is 3.20. The van der Waals surface area contributed by atoms with E-state index < -0.39 is 22.0 Å². The van der Waals surface area contributed by atoms with E-state index in [-0.39, 0.29) is 10.7 Å². The molecule has 2 aromatic rings. The van der Waals surface area contributed by atoms with Crippen molar-refractivity contribution in [3.63, 3.8) is 0 Å². The Balaban J connectivity index is 1.78. The molecule has 1 saturated heterocycles. The quantitative estimate of drug-likeness (QED) is 0.393. The Bertz CT molecular complexity index is 952. The molecule has 0 unspecified atom stereocenters. The number of likely N-dealkylation sites (N-methyl/N-ethyl adjacent to an activating group) is 1. The van der Waals surface area contributed by atoms with Crippen LogP contribution in [0.4, 0.5) is 16.4 Å². The predicted octanol–water partition coefficient (Wildman–Crippen LogP) is 3.37. The molecule has 10 heteroatoms. The smallest absolute Gasteiger partial charge is 0.433 e. The molecule has 0 saturated carbocycles. The zero-order valence-electron chi connectivity index (χ0n) is 15.2. The fraction of sp³-hybridized carbons (Fsp3) is 0.222. The van der Waals surface area contributed by atoms with Crippen molar-refractivity contribution in [3.8, 4) is 5.75 Å². The van der Waals surface area contributed by atoms with Gasteiger partial charge in [-0.1, -0.05) is 6.07 Å². The van der Waals surface area contributed by atoms with Crippen molar-refractivity contribution in [2.75, 3.05) is 32.1 Å². The maximum atomic E-state index is 12.7. The van der Waals surface area contributed by atoms with Crippen LogP contribution in [0.2, 0.25) is 0 Å². The van der Waals surface area contributed by atoms with E-state index in [4.69, 9.17) is 9.15 Å². The van der Waals surface area contributed by atoms with Gasteiger partial charge in [0, 0.05) is 18.7 Å². The summed E-state index contributed by atoms with van der Waals surface area (Å²) in [5, 5.41) is 10.2. The topological polar surface area (TPSA) is 106 Å². The number of anilines is 1. The maximum absolute atomic E-state index is 12.7. The molecule has 0 aliphatic carbocycles. The molecule has 2 heterocycles. The normalized spacial score (nSPS) is 15.7. The van der Waals surface area contributed by atoms with Gasteiger partial charge in [-0.25, -0.2) is 4.90 Å². The number of thioether (sulfide) groups is 1. The lowest BCUT2D eigenvalue weighted by atomic mass is 10.2. The van der Waals surface area contributed by atoms with Crippen molar-refractivity contribution in [1.29, 1.82) is 0 Å². The molecule has 0 bridgehead atoms. The average molecular weight is 403 g/mol. The third-order valence-corrected chi connectivity index (χ3v) is 4.61. The summed E-state index contributed by atoms with van der Waals surface area (Å²) in [4.78, 5) is 38.2. The van der Waals surface area contributed by atoms with E-state index >= 15 is 0 Å². The highest BCUT2D eigenvalue weighted by atomic mass is 32.2. The van der Waals surface area contributed by atoms with Crippen molar-refractivity contribution in [3.05, 3.63) is 57.2 Å². The van der Waals surface area contributed by atoms with E-state index in [0.29, 0.717) is 18.0 Å². The third-order valence-electron chi connectivity index (χ3n) is 3.74. The second kappa shape index (κ2) is 8.28. The molecule has 3 rings (SSSR count). The number of imide groups is 1. The Morgan fingerprint density at radius 2 is 2.07 bits per heavy atom. The van der Waals surface area contributed by atoms with Crippen LogP contribution in [0.5, 0.6) is 5.75 Å². The minimum Gasteiger partial charge on any atom is -0.492 e. The van der Waals surface area contributed by atoms with Gasteiger partial charge in [0.1, 0.15) is 23.0 Å². The van der Waals surface area contributed by atoms with Crippen molar-refractivity contribution in [2.45, 2.75) is 0 Å². The zero-order valence-corrected chi connectivity index (χ0v) is 16.0. The third kappa shape index (κ3) is 4.41. The first-order valence-electron chi connectivity index (χ1n) is 8.25. The van der Waals surface area contributed by atoms with Crippen LogP contribution in [0.25, 0.3) is 6.08 Å². The maximum Gasteiger partial charge on any atom is 0.433 e. The van der Waals surface area contributed by atoms with Crippen LogP contribution < -0.4 is 9.64 Å². The van der Waals surface area contributed by atoms with E-state index in [1.54, 1.807) is 24.3 Å². The zero-order chi connectivity index (χ0) is 20.3. The number of ether oxygens (including phenoxy) is 1. The Hall–Kier alpha value is -3.11. The van der Waals surface area contributed by atoms with Crippen LogP contribution in [0, 0.1) is 10.1 Å². The van der Waals surface area contributed by atoms with Gasteiger partial charge in [0.05, 0.1) is 16.7 Å². The first-order valence-corrected chi connectivity index (χ1v) is 9.06. The fourth-order valence-electron chi connectivity index (χ4n) is 2.40. The number of hydrogen-bond acceptors (Lipinski definition) is 8. The van der Waals surface area contributed by atoms with E-state index in [0.717, 1.165) is 23.2 Å². The SMILES string of the molecule is CN(C)CCOc1cccc(N2C(=O)S/C(=C\c3ccc([N+](=O)[O-])o3)C2=O)c1. The summed E-state index contributed by atoms with van der Waals surface area (Å²) in [6, 6.07) is 9.25. The molecule has 1 aliphatic heterocycles. The number of amides is 2. The lowest BCUT2D eigenvalue weighted by Gasteiger charge is -2.15. The molecule has 2 amide bonds. The molecular formula is C18H17N3O6S. The summed E-state index contributed by atoms with van der Waals surface area (Å²) in [5.74, 6) is -0.297. The molecule has 146 valence electrons. The highest BCUT2D eigenvalue weighted by molar-refractivity contribution is 8.19. The summed E-state index contributed by atoms with van der Waals surface area (Å²) in [6.45, 7) is 1.19. The van der Waals surface area contributed by atoms with Gasteiger partial charge in [-0.15, -0.1) is 0 Å². The Morgan fingerprint density at radius 3 is 2.75 bits per heavy atom. The molecular weight excluding hydrogens is 386 g/mol. The largest absolute Gasteiger partial charge is 0.492 e. The summed E-state index contributed by atoms with van der Waals surface area (Å²) < 4.78 is 10.7. The first kappa shape index (κ1) is 19.6. The van der Waals surface area contributed by atoms with E-state index in [1.807, 2.05) is 19.0 Å². The molecule has 0 radical (unpaired) electrons. The number of carbonyl (C=O) groups excluding carboxylic acids is 2. The lowest BCUT2D eigenvalue weighted by Crippen LogP contribution is -2.27. The van der Waals surface area contributed by atoms with Gasteiger partial charge in [0.2, 0.25) is 0 Å². The number of nitro groups is 1.